The van der Waals surface area contributed by atoms with E-state index < -0.39 is 0 Å². The number of rotatable bonds is 5. The molecule has 0 saturated heterocycles. The Morgan fingerprint density at radius 3 is 2.93 bits per heavy atom. The van der Waals surface area contributed by atoms with E-state index in [0.717, 1.165) is 6.54 Å². The minimum Gasteiger partial charge on any atom is -0.308 e. The van der Waals surface area contributed by atoms with Gasteiger partial charge in [0.25, 0.3) is 0 Å². The van der Waals surface area contributed by atoms with E-state index in [1.807, 2.05) is 23.1 Å². The van der Waals surface area contributed by atoms with E-state index in [0.29, 0.717) is 10.8 Å². The maximum atomic E-state index is 3.63. The molecule has 1 aliphatic carbocycles. The lowest BCUT2D eigenvalue weighted by Gasteiger charge is -2.17. The number of hydrogen-bond acceptors (Lipinski definition) is 3. The van der Waals surface area contributed by atoms with Crippen LogP contribution in [0.3, 0.4) is 0 Å². The second kappa shape index (κ2) is 4.25. The predicted octanol–water partition coefficient (Wildman–Crippen LogP) is 3.29. The maximum Gasteiger partial charge on any atom is 0.0386 e. The largest absolute Gasteiger partial charge is 0.308 e. The van der Waals surface area contributed by atoms with Gasteiger partial charge in [0.1, 0.15) is 0 Å². The molecule has 1 atom stereocenters. The highest BCUT2D eigenvalue weighted by Crippen LogP contribution is 2.46. The van der Waals surface area contributed by atoms with Gasteiger partial charge in [0.05, 0.1) is 0 Å². The third kappa shape index (κ3) is 2.33. The topological polar surface area (TPSA) is 12.0 Å². The van der Waals surface area contributed by atoms with Crippen LogP contribution < -0.4 is 5.32 Å². The molecule has 1 N–H and O–H groups in total. The molecule has 1 aliphatic rings. The Balaban J connectivity index is 1.81. The molecule has 1 saturated carbocycles. The molecule has 78 valence electrons. The van der Waals surface area contributed by atoms with Crippen molar-refractivity contribution in [1.82, 2.24) is 5.32 Å². The summed E-state index contributed by atoms with van der Waals surface area (Å²) in [6, 6.07) is 4.85. The van der Waals surface area contributed by atoms with Gasteiger partial charge in [-0.3, -0.25) is 0 Å². The first-order chi connectivity index (χ1) is 6.76. The molecule has 0 amide bonds. The van der Waals surface area contributed by atoms with Crippen LogP contribution in [0.25, 0.3) is 0 Å². The lowest BCUT2D eigenvalue weighted by atomic mass is 10.2. The van der Waals surface area contributed by atoms with E-state index >= 15 is 0 Å². The summed E-state index contributed by atoms with van der Waals surface area (Å²) in [6.07, 6.45) is 5.00. The molecule has 1 aromatic heterocycles. The van der Waals surface area contributed by atoms with Crippen LogP contribution in [0.4, 0.5) is 0 Å². The molecule has 1 aromatic rings. The number of nitrogens with one attached hydrogen (secondary N) is 1. The summed E-state index contributed by atoms with van der Waals surface area (Å²) in [5, 5.41) is 5.78. The molecule has 0 aromatic carbocycles. The van der Waals surface area contributed by atoms with Gasteiger partial charge in [0.15, 0.2) is 0 Å². The fourth-order valence-electron chi connectivity index (χ4n) is 1.57. The van der Waals surface area contributed by atoms with Crippen LogP contribution in [0.15, 0.2) is 17.5 Å². The smallest absolute Gasteiger partial charge is 0.0386 e. The fourth-order valence-corrected chi connectivity index (χ4v) is 3.07. The molecule has 1 nitrogen and oxygen atoms in total. The lowest BCUT2D eigenvalue weighted by molar-refractivity contribution is 0.570. The van der Waals surface area contributed by atoms with Crippen LogP contribution in [0.1, 0.15) is 30.7 Å². The standard InChI is InChI=1S/C11H17NS2/c1-9(10-4-3-7-14-10)12-8-11(13-2)5-6-11/h3-4,7,9,12H,5-6,8H2,1-2H3. The second-order valence-corrected chi connectivity index (χ2v) is 6.26. The zero-order valence-electron chi connectivity index (χ0n) is 8.75. The fraction of sp³-hybridized carbons (Fsp3) is 0.636. The summed E-state index contributed by atoms with van der Waals surface area (Å²) in [4.78, 5) is 1.45. The number of thiophene rings is 1. The zero-order valence-corrected chi connectivity index (χ0v) is 10.4. The Hall–Kier alpha value is 0.01000. The molecular formula is C11H17NS2. The Labute approximate surface area is 94.3 Å². The van der Waals surface area contributed by atoms with E-state index in [1.54, 1.807) is 0 Å². The second-order valence-electron chi connectivity index (χ2n) is 4.01. The highest BCUT2D eigenvalue weighted by atomic mass is 32.2. The molecule has 0 radical (unpaired) electrons. The third-order valence-electron chi connectivity index (χ3n) is 2.94. The SMILES string of the molecule is CSC1(CNC(C)c2cccs2)CC1. The molecule has 0 bridgehead atoms. The molecule has 1 unspecified atom stereocenters. The summed E-state index contributed by atoms with van der Waals surface area (Å²) >= 11 is 3.86. The van der Waals surface area contributed by atoms with E-state index in [2.05, 4.69) is 36.0 Å². The molecular weight excluding hydrogens is 210 g/mol. The maximum absolute atomic E-state index is 3.63. The average Bonchev–Trinajstić information content (AvgIpc) is 2.78. The quantitative estimate of drug-likeness (QED) is 0.828. The van der Waals surface area contributed by atoms with E-state index in [9.17, 15) is 0 Å². The van der Waals surface area contributed by atoms with Crippen LogP contribution in [-0.2, 0) is 0 Å². The van der Waals surface area contributed by atoms with Gasteiger partial charge in [-0.1, -0.05) is 6.07 Å². The van der Waals surface area contributed by atoms with Crippen LogP contribution in [0, 0.1) is 0 Å². The lowest BCUT2D eigenvalue weighted by Crippen LogP contribution is -2.27. The van der Waals surface area contributed by atoms with Gasteiger partial charge < -0.3 is 5.32 Å². The van der Waals surface area contributed by atoms with Crippen molar-refractivity contribution >= 4 is 23.1 Å². The van der Waals surface area contributed by atoms with Gasteiger partial charge in [-0.15, -0.1) is 11.3 Å². The Kier molecular flexibility index (Phi) is 3.20. The van der Waals surface area contributed by atoms with Gasteiger partial charge in [0, 0.05) is 22.2 Å². The first-order valence-electron chi connectivity index (χ1n) is 5.08. The van der Waals surface area contributed by atoms with Crippen LogP contribution in [0.5, 0.6) is 0 Å². The Morgan fingerprint density at radius 1 is 1.64 bits per heavy atom. The monoisotopic (exact) mass is 227 g/mol. The van der Waals surface area contributed by atoms with E-state index in [-0.39, 0.29) is 0 Å². The highest BCUT2D eigenvalue weighted by molar-refractivity contribution is 8.00. The van der Waals surface area contributed by atoms with E-state index in [4.69, 9.17) is 0 Å². The summed E-state index contributed by atoms with van der Waals surface area (Å²) < 4.78 is 0.575. The van der Waals surface area contributed by atoms with Crippen molar-refractivity contribution in [3.8, 4) is 0 Å². The predicted molar refractivity (Wildman–Crippen MR) is 66.2 cm³/mol. The molecule has 0 spiro atoms. The first-order valence-corrected chi connectivity index (χ1v) is 7.18. The van der Waals surface area contributed by atoms with Crippen LogP contribution >= 0.6 is 23.1 Å². The van der Waals surface area contributed by atoms with Gasteiger partial charge in [0.2, 0.25) is 0 Å². The van der Waals surface area contributed by atoms with Crippen LogP contribution in [-0.4, -0.2) is 17.5 Å². The molecule has 3 heteroatoms. The van der Waals surface area contributed by atoms with Crippen molar-refractivity contribution in [3.05, 3.63) is 22.4 Å². The zero-order chi connectivity index (χ0) is 10.0. The number of thioether (sulfide) groups is 1. The van der Waals surface area contributed by atoms with E-state index in [1.165, 1.54) is 17.7 Å². The highest BCUT2D eigenvalue weighted by Gasteiger charge is 2.41. The van der Waals surface area contributed by atoms with Crippen molar-refractivity contribution in [3.63, 3.8) is 0 Å². The summed E-state index contributed by atoms with van der Waals surface area (Å²) in [5.74, 6) is 0. The summed E-state index contributed by atoms with van der Waals surface area (Å²) in [5.41, 5.74) is 0. The van der Waals surface area contributed by atoms with Crippen LogP contribution in [0.2, 0.25) is 0 Å². The Morgan fingerprint density at radius 2 is 2.43 bits per heavy atom. The van der Waals surface area contributed by atoms with Gasteiger partial charge in [-0.2, -0.15) is 11.8 Å². The van der Waals surface area contributed by atoms with Crippen molar-refractivity contribution < 1.29 is 0 Å². The Bertz CT molecular complexity index is 277. The van der Waals surface area contributed by atoms with Gasteiger partial charge >= 0.3 is 0 Å². The minimum absolute atomic E-state index is 0.514. The summed E-state index contributed by atoms with van der Waals surface area (Å²) in [6.45, 7) is 3.41. The van der Waals surface area contributed by atoms with Crippen molar-refractivity contribution in [2.45, 2.75) is 30.6 Å². The molecule has 0 aliphatic heterocycles. The normalized spacial score (nSPS) is 20.7. The van der Waals surface area contributed by atoms with Crippen molar-refractivity contribution in [2.75, 3.05) is 12.8 Å². The minimum atomic E-state index is 0.514. The average molecular weight is 227 g/mol. The third-order valence-corrected chi connectivity index (χ3v) is 5.41. The molecule has 1 fully saturated rings. The molecule has 1 heterocycles. The van der Waals surface area contributed by atoms with Gasteiger partial charge in [-0.05, 0) is 37.5 Å². The number of hydrogen-bond donors (Lipinski definition) is 1. The molecule has 2 rings (SSSR count). The van der Waals surface area contributed by atoms with Crippen molar-refractivity contribution in [2.24, 2.45) is 0 Å². The molecule has 14 heavy (non-hydrogen) atoms. The summed E-state index contributed by atoms with van der Waals surface area (Å²) in [7, 11) is 0. The van der Waals surface area contributed by atoms with Crippen molar-refractivity contribution in [1.29, 1.82) is 0 Å². The van der Waals surface area contributed by atoms with Gasteiger partial charge in [-0.25, -0.2) is 0 Å². The first kappa shape index (κ1) is 10.5.